The number of carbonyl (C=O) groups is 1. The van der Waals surface area contributed by atoms with Gasteiger partial charge in [-0.3, -0.25) is 9.69 Å². The summed E-state index contributed by atoms with van der Waals surface area (Å²) in [5.41, 5.74) is 2.55. The summed E-state index contributed by atoms with van der Waals surface area (Å²) in [6, 6.07) is 8.95. The van der Waals surface area contributed by atoms with Crippen LogP contribution in [0.25, 0.3) is 0 Å². The topological polar surface area (TPSA) is 44.4 Å². The standard InChI is InChI=1S/C18H27N3OS/c22-18(11-17-14-23-9-6-19-17)20-12-15-4-3-5-16(10-15)13-21-7-1-2-8-21/h3-5,10,17,19H,1-2,6-9,11-14H2,(H,20,22). The zero-order chi connectivity index (χ0) is 15.9. The molecule has 5 heteroatoms. The lowest BCUT2D eigenvalue weighted by molar-refractivity contribution is -0.121. The summed E-state index contributed by atoms with van der Waals surface area (Å²) in [5, 5.41) is 6.48. The average Bonchev–Trinajstić information content (AvgIpc) is 3.07. The number of nitrogens with one attached hydrogen (secondary N) is 2. The van der Waals surface area contributed by atoms with E-state index < -0.39 is 0 Å². The molecule has 1 atom stereocenters. The zero-order valence-corrected chi connectivity index (χ0v) is 14.5. The van der Waals surface area contributed by atoms with Crippen LogP contribution in [-0.2, 0) is 17.9 Å². The summed E-state index contributed by atoms with van der Waals surface area (Å²) in [6.07, 6.45) is 3.23. The summed E-state index contributed by atoms with van der Waals surface area (Å²) in [6.45, 7) is 5.11. The Hall–Kier alpha value is -1.04. The minimum Gasteiger partial charge on any atom is -0.352 e. The van der Waals surface area contributed by atoms with Crippen molar-refractivity contribution in [3.8, 4) is 0 Å². The second-order valence-electron chi connectivity index (χ2n) is 6.51. The van der Waals surface area contributed by atoms with E-state index in [0.717, 1.165) is 24.6 Å². The van der Waals surface area contributed by atoms with E-state index in [0.29, 0.717) is 19.0 Å². The number of amides is 1. The van der Waals surface area contributed by atoms with Gasteiger partial charge < -0.3 is 10.6 Å². The van der Waals surface area contributed by atoms with Gasteiger partial charge in [-0.2, -0.15) is 11.8 Å². The van der Waals surface area contributed by atoms with Gasteiger partial charge in [-0.1, -0.05) is 24.3 Å². The van der Waals surface area contributed by atoms with Crippen molar-refractivity contribution in [1.82, 2.24) is 15.5 Å². The third-order valence-corrected chi connectivity index (χ3v) is 5.65. The molecule has 2 saturated heterocycles. The molecule has 0 aliphatic carbocycles. The van der Waals surface area contributed by atoms with Crippen molar-refractivity contribution in [2.75, 3.05) is 31.1 Å². The fraction of sp³-hybridized carbons (Fsp3) is 0.611. The summed E-state index contributed by atoms with van der Waals surface area (Å²) in [4.78, 5) is 14.6. The van der Waals surface area contributed by atoms with Crippen molar-refractivity contribution < 1.29 is 4.79 Å². The normalized spacial score (nSPS) is 22.2. The first-order valence-electron chi connectivity index (χ1n) is 8.67. The summed E-state index contributed by atoms with van der Waals surface area (Å²) in [5.74, 6) is 2.34. The van der Waals surface area contributed by atoms with Gasteiger partial charge in [-0.05, 0) is 37.1 Å². The predicted octanol–water partition coefficient (Wildman–Crippen LogP) is 1.99. The van der Waals surface area contributed by atoms with Gasteiger partial charge in [0.2, 0.25) is 5.91 Å². The molecule has 126 valence electrons. The zero-order valence-electron chi connectivity index (χ0n) is 13.7. The molecule has 1 aromatic rings. The molecule has 1 aromatic carbocycles. The summed E-state index contributed by atoms with van der Waals surface area (Å²) >= 11 is 1.93. The van der Waals surface area contributed by atoms with Crippen LogP contribution in [0.1, 0.15) is 30.4 Å². The summed E-state index contributed by atoms with van der Waals surface area (Å²) in [7, 11) is 0. The van der Waals surface area contributed by atoms with Crippen molar-refractivity contribution in [3.63, 3.8) is 0 Å². The third kappa shape index (κ3) is 5.52. The van der Waals surface area contributed by atoms with Crippen molar-refractivity contribution in [3.05, 3.63) is 35.4 Å². The van der Waals surface area contributed by atoms with Crippen molar-refractivity contribution >= 4 is 17.7 Å². The largest absolute Gasteiger partial charge is 0.352 e. The van der Waals surface area contributed by atoms with Gasteiger partial charge in [-0.25, -0.2) is 0 Å². The van der Waals surface area contributed by atoms with Gasteiger partial charge in [0.25, 0.3) is 0 Å². The number of hydrogen-bond acceptors (Lipinski definition) is 4. The molecule has 2 aliphatic heterocycles. The predicted molar refractivity (Wildman–Crippen MR) is 96.5 cm³/mol. The highest BCUT2D eigenvalue weighted by Crippen LogP contribution is 2.14. The Kier molecular flexibility index (Phi) is 6.37. The minimum atomic E-state index is 0.148. The lowest BCUT2D eigenvalue weighted by atomic mass is 10.1. The number of thioether (sulfide) groups is 1. The Balaban J connectivity index is 1.44. The van der Waals surface area contributed by atoms with Crippen LogP contribution in [-0.4, -0.2) is 48.0 Å². The highest BCUT2D eigenvalue weighted by Gasteiger charge is 2.16. The smallest absolute Gasteiger partial charge is 0.221 e. The molecule has 2 N–H and O–H groups in total. The first-order valence-corrected chi connectivity index (χ1v) is 9.83. The van der Waals surface area contributed by atoms with E-state index in [-0.39, 0.29) is 5.91 Å². The molecule has 0 radical (unpaired) electrons. The van der Waals surface area contributed by atoms with Gasteiger partial charge in [-0.15, -0.1) is 0 Å². The van der Waals surface area contributed by atoms with Crippen LogP contribution in [0.2, 0.25) is 0 Å². The number of rotatable bonds is 6. The second kappa shape index (κ2) is 8.71. The molecular weight excluding hydrogens is 306 g/mol. The Morgan fingerprint density at radius 2 is 2.13 bits per heavy atom. The van der Waals surface area contributed by atoms with Crippen LogP contribution in [0.4, 0.5) is 0 Å². The maximum atomic E-state index is 12.1. The Morgan fingerprint density at radius 3 is 2.91 bits per heavy atom. The molecule has 2 heterocycles. The maximum absolute atomic E-state index is 12.1. The van der Waals surface area contributed by atoms with E-state index >= 15 is 0 Å². The molecule has 1 unspecified atom stereocenters. The number of carbonyl (C=O) groups excluding carboxylic acids is 1. The quantitative estimate of drug-likeness (QED) is 0.836. The lowest BCUT2D eigenvalue weighted by Gasteiger charge is -2.22. The van der Waals surface area contributed by atoms with Crippen LogP contribution >= 0.6 is 11.8 Å². The molecule has 0 spiro atoms. The highest BCUT2D eigenvalue weighted by molar-refractivity contribution is 7.99. The van der Waals surface area contributed by atoms with Crippen molar-refractivity contribution in [1.29, 1.82) is 0 Å². The number of nitrogens with zero attached hydrogens (tertiary/aromatic N) is 1. The maximum Gasteiger partial charge on any atom is 0.221 e. The van der Waals surface area contributed by atoms with Crippen molar-refractivity contribution in [2.45, 2.75) is 38.4 Å². The van der Waals surface area contributed by atoms with Crippen LogP contribution in [0, 0.1) is 0 Å². The first kappa shape index (κ1) is 16.8. The molecule has 2 fully saturated rings. The molecule has 3 rings (SSSR count). The monoisotopic (exact) mass is 333 g/mol. The van der Waals surface area contributed by atoms with Gasteiger partial charge in [0, 0.05) is 43.6 Å². The Bertz CT molecular complexity index is 511. The lowest BCUT2D eigenvalue weighted by Crippen LogP contribution is -2.41. The van der Waals surface area contributed by atoms with E-state index in [1.165, 1.54) is 37.1 Å². The van der Waals surface area contributed by atoms with E-state index in [1.54, 1.807) is 0 Å². The Morgan fingerprint density at radius 1 is 1.30 bits per heavy atom. The Labute approximate surface area is 143 Å². The van der Waals surface area contributed by atoms with Crippen molar-refractivity contribution in [2.24, 2.45) is 0 Å². The molecule has 0 bridgehead atoms. The minimum absolute atomic E-state index is 0.148. The number of likely N-dealkylation sites (tertiary alicyclic amines) is 1. The fourth-order valence-corrected chi connectivity index (χ4v) is 4.23. The van der Waals surface area contributed by atoms with Crippen LogP contribution in [0.5, 0.6) is 0 Å². The highest BCUT2D eigenvalue weighted by atomic mass is 32.2. The van der Waals surface area contributed by atoms with Gasteiger partial charge in [0.05, 0.1) is 0 Å². The second-order valence-corrected chi connectivity index (χ2v) is 7.66. The fourth-order valence-electron chi connectivity index (χ4n) is 3.28. The summed E-state index contributed by atoms with van der Waals surface area (Å²) < 4.78 is 0. The molecule has 1 amide bonds. The third-order valence-electron chi connectivity index (χ3n) is 4.52. The molecule has 23 heavy (non-hydrogen) atoms. The van der Waals surface area contributed by atoms with E-state index in [1.807, 2.05) is 11.8 Å². The SMILES string of the molecule is O=C(CC1CSCCN1)NCc1cccc(CN2CCCC2)c1. The van der Waals surface area contributed by atoms with Gasteiger partial charge in [0.15, 0.2) is 0 Å². The average molecular weight is 334 g/mol. The number of hydrogen-bond donors (Lipinski definition) is 2. The molecule has 0 aromatic heterocycles. The molecular formula is C18H27N3OS. The van der Waals surface area contributed by atoms with E-state index in [2.05, 4.69) is 39.8 Å². The van der Waals surface area contributed by atoms with Crippen LogP contribution in [0.15, 0.2) is 24.3 Å². The van der Waals surface area contributed by atoms with Crippen LogP contribution < -0.4 is 10.6 Å². The van der Waals surface area contributed by atoms with Gasteiger partial charge >= 0.3 is 0 Å². The van der Waals surface area contributed by atoms with E-state index in [4.69, 9.17) is 0 Å². The molecule has 4 nitrogen and oxygen atoms in total. The van der Waals surface area contributed by atoms with Gasteiger partial charge in [0.1, 0.15) is 0 Å². The molecule has 2 aliphatic rings. The van der Waals surface area contributed by atoms with E-state index in [9.17, 15) is 4.79 Å². The number of benzene rings is 1. The van der Waals surface area contributed by atoms with Crippen LogP contribution in [0.3, 0.4) is 0 Å². The molecule has 0 saturated carbocycles. The first-order chi connectivity index (χ1) is 11.3.